The zero-order valence-electron chi connectivity index (χ0n) is 30.2. The fourth-order valence-electron chi connectivity index (χ4n) is 6.08. The summed E-state index contributed by atoms with van der Waals surface area (Å²) in [5.74, 6) is 0. The smallest absolute Gasteiger partial charge is 0.0198 e. The number of nitrogens with zero attached hydrogens (tertiary/aromatic N) is 2. The van der Waals surface area contributed by atoms with Crippen LogP contribution in [-0.4, -0.2) is 9.97 Å². The molecule has 5 aromatic carbocycles. The average molecular weight is 819 g/mol. The van der Waals surface area contributed by atoms with Crippen LogP contribution in [-0.2, 0) is 36.4 Å². The maximum atomic E-state index is 4.64. The molecule has 0 fully saturated rings. The molecule has 0 N–H and O–H groups in total. The van der Waals surface area contributed by atoms with Gasteiger partial charge in [-0.1, -0.05) is 145 Å². The predicted octanol–water partition coefficient (Wildman–Crippen LogP) is 12.4. The van der Waals surface area contributed by atoms with Crippen LogP contribution in [0.3, 0.4) is 0 Å². The number of benzene rings is 5. The second kappa shape index (κ2) is 14.0. The Morgan fingerprint density at radius 2 is 0.959 bits per heavy atom. The van der Waals surface area contributed by atoms with E-state index >= 15 is 0 Å². The fraction of sp³-hybridized carbons (Fsp3) is 0.261. The molecule has 49 heavy (non-hydrogen) atoms. The summed E-state index contributed by atoms with van der Waals surface area (Å²) in [7, 11) is 0. The normalized spacial score (nSPS) is 12.0. The van der Waals surface area contributed by atoms with Crippen molar-refractivity contribution in [2.75, 3.05) is 0 Å². The third-order valence-corrected chi connectivity index (χ3v) is 9.16. The molecular formula is C46H46IrN2-2. The Bertz CT molecular complexity index is 2120. The zero-order chi connectivity index (χ0) is 34.3. The molecule has 0 amide bonds. The van der Waals surface area contributed by atoms with E-state index in [1.807, 2.05) is 12.4 Å². The van der Waals surface area contributed by atoms with Crippen molar-refractivity contribution in [3.8, 4) is 22.5 Å². The van der Waals surface area contributed by atoms with Gasteiger partial charge in [-0.3, -0.25) is 0 Å². The minimum atomic E-state index is 0. The van der Waals surface area contributed by atoms with Crippen molar-refractivity contribution >= 4 is 32.3 Å². The summed E-state index contributed by atoms with van der Waals surface area (Å²) in [6.45, 7) is 19.9. The molecule has 0 saturated heterocycles. The van der Waals surface area contributed by atoms with Crippen LogP contribution in [0.25, 0.3) is 54.8 Å². The molecule has 0 aliphatic heterocycles. The predicted molar refractivity (Wildman–Crippen MR) is 206 cm³/mol. The molecule has 1 radical (unpaired) electrons. The maximum Gasteiger partial charge on any atom is 0.0198 e. The van der Waals surface area contributed by atoms with Crippen LogP contribution in [0.5, 0.6) is 0 Å². The van der Waals surface area contributed by atoms with Crippen LogP contribution in [0.15, 0.2) is 116 Å². The molecule has 3 heteroatoms. The molecule has 0 unspecified atom stereocenters. The second-order valence-electron chi connectivity index (χ2n) is 15.9. The van der Waals surface area contributed by atoms with Gasteiger partial charge in [0.15, 0.2) is 0 Å². The standard InChI is InChI=1S/C27H22N.C19H24N.Ir/c1-27(2,3)19-14-15-28-26(17-19)18-12-13-24-22-10-5-4-8-20(22)21-9-6-7-11-23(21)25(24)16-18;1-18(2,3)15-9-7-14(8-10-15)17-12-11-16(13-20-17)19(4,5)6;/h4-11,13-17H,1-3H3;7,9-13H,1-6H3;/q2*-1;. The summed E-state index contributed by atoms with van der Waals surface area (Å²) in [5.41, 5.74) is 8.30. The summed E-state index contributed by atoms with van der Waals surface area (Å²) >= 11 is 0. The van der Waals surface area contributed by atoms with E-state index in [1.54, 1.807) is 0 Å². The number of aromatic nitrogens is 2. The topological polar surface area (TPSA) is 25.8 Å². The molecule has 2 aromatic heterocycles. The largest absolute Gasteiger partial charge is 0.305 e. The first kappa shape index (κ1) is 36.1. The Hall–Kier alpha value is -4.17. The van der Waals surface area contributed by atoms with Crippen molar-refractivity contribution < 1.29 is 20.1 Å². The van der Waals surface area contributed by atoms with Crippen LogP contribution in [0.4, 0.5) is 0 Å². The second-order valence-corrected chi connectivity index (χ2v) is 15.9. The summed E-state index contributed by atoms with van der Waals surface area (Å²) < 4.78 is 0. The molecule has 0 aliphatic carbocycles. The quantitative estimate of drug-likeness (QED) is 0.128. The van der Waals surface area contributed by atoms with Gasteiger partial charge >= 0.3 is 0 Å². The molecule has 251 valence electrons. The Morgan fingerprint density at radius 3 is 1.47 bits per heavy atom. The summed E-state index contributed by atoms with van der Waals surface area (Å²) in [4.78, 5) is 9.22. The van der Waals surface area contributed by atoms with Crippen molar-refractivity contribution in [1.82, 2.24) is 9.97 Å². The monoisotopic (exact) mass is 819 g/mol. The molecule has 0 aliphatic rings. The van der Waals surface area contributed by atoms with Gasteiger partial charge < -0.3 is 9.97 Å². The van der Waals surface area contributed by atoms with Gasteiger partial charge in [-0.2, -0.15) is 0 Å². The number of hydrogen-bond donors (Lipinski definition) is 0. The van der Waals surface area contributed by atoms with Crippen LogP contribution >= 0.6 is 0 Å². The van der Waals surface area contributed by atoms with Crippen molar-refractivity contribution in [2.45, 2.75) is 78.6 Å². The number of fused-ring (bicyclic) bond motifs is 6. The van der Waals surface area contributed by atoms with Crippen LogP contribution in [0, 0.1) is 12.1 Å². The van der Waals surface area contributed by atoms with E-state index in [1.165, 1.54) is 49.0 Å². The van der Waals surface area contributed by atoms with Crippen molar-refractivity contribution in [3.05, 3.63) is 144 Å². The van der Waals surface area contributed by atoms with E-state index in [0.29, 0.717) is 0 Å². The van der Waals surface area contributed by atoms with E-state index < -0.39 is 0 Å². The number of rotatable bonds is 2. The maximum absolute atomic E-state index is 4.64. The first-order valence-corrected chi connectivity index (χ1v) is 16.9. The molecule has 0 spiro atoms. The van der Waals surface area contributed by atoms with Gasteiger partial charge in [0, 0.05) is 32.5 Å². The average Bonchev–Trinajstić information content (AvgIpc) is 3.07. The Kier molecular flexibility index (Phi) is 10.3. The van der Waals surface area contributed by atoms with E-state index in [-0.39, 0.29) is 36.4 Å². The minimum absolute atomic E-state index is 0. The third-order valence-electron chi connectivity index (χ3n) is 9.16. The number of pyridine rings is 2. The summed E-state index contributed by atoms with van der Waals surface area (Å²) in [5, 5.41) is 7.63. The molecule has 7 rings (SSSR count). The summed E-state index contributed by atoms with van der Waals surface area (Å²) in [6, 6.07) is 43.4. The van der Waals surface area contributed by atoms with E-state index in [0.717, 1.165) is 22.5 Å². The Morgan fingerprint density at radius 1 is 0.429 bits per heavy atom. The molecule has 0 atom stereocenters. The van der Waals surface area contributed by atoms with Crippen LogP contribution < -0.4 is 0 Å². The van der Waals surface area contributed by atoms with Crippen molar-refractivity contribution in [1.29, 1.82) is 0 Å². The van der Waals surface area contributed by atoms with Gasteiger partial charge in [0.25, 0.3) is 0 Å². The molecule has 2 nitrogen and oxygen atoms in total. The minimum Gasteiger partial charge on any atom is -0.305 e. The first-order valence-electron chi connectivity index (χ1n) is 16.9. The molecule has 0 saturated carbocycles. The SMILES string of the molecule is CC(C)(C)c1c[c-]c(-c2ccc(C(C)(C)C)cn2)cc1.CC(C)(C)c1ccnc(-c2[c-]cc3c4ccccc4c4ccccc4c3c2)c1.[Ir]. The molecule has 0 bridgehead atoms. The first-order chi connectivity index (χ1) is 22.7. The third kappa shape index (κ3) is 7.85. The van der Waals surface area contributed by atoms with Crippen molar-refractivity contribution in [2.24, 2.45) is 0 Å². The summed E-state index contributed by atoms with van der Waals surface area (Å²) in [6.07, 6.45) is 3.88. The van der Waals surface area contributed by atoms with E-state index in [9.17, 15) is 0 Å². The Labute approximate surface area is 306 Å². The van der Waals surface area contributed by atoms with Gasteiger partial charge in [0.05, 0.1) is 0 Å². The molecule has 7 aromatic rings. The van der Waals surface area contributed by atoms with Gasteiger partial charge in [0.1, 0.15) is 0 Å². The van der Waals surface area contributed by atoms with Gasteiger partial charge in [-0.25, -0.2) is 0 Å². The van der Waals surface area contributed by atoms with Crippen LogP contribution in [0.2, 0.25) is 0 Å². The molecular weight excluding hydrogens is 773 g/mol. The van der Waals surface area contributed by atoms with Gasteiger partial charge in [-0.15, -0.1) is 59.2 Å². The number of hydrogen-bond acceptors (Lipinski definition) is 2. The Balaban J connectivity index is 0.000000199. The van der Waals surface area contributed by atoms with Gasteiger partial charge in [-0.05, 0) is 61.0 Å². The van der Waals surface area contributed by atoms with E-state index in [2.05, 4.69) is 188 Å². The zero-order valence-corrected chi connectivity index (χ0v) is 32.6. The molecule has 2 heterocycles. The van der Waals surface area contributed by atoms with E-state index in [4.69, 9.17) is 0 Å². The fourth-order valence-corrected chi connectivity index (χ4v) is 6.08. The van der Waals surface area contributed by atoms with Crippen LogP contribution in [0.1, 0.15) is 79.0 Å². The van der Waals surface area contributed by atoms with Crippen molar-refractivity contribution in [3.63, 3.8) is 0 Å². The van der Waals surface area contributed by atoms with Gasteiger partial charge in [0.2, 0.25) is 0 Å².